The SMILES string of the molecule is Cc1cc(C)nc(Nc2cccc(NC(=O)CCC(=O)Nc3ccc(F)cc3)c2)n1. The van der Waals surface area contributed by atoms with Crippen LogP contribution in [0.3, 0.4) is 0 Å². The molecular weight excluding hydrogens is 385 g/mol. The second kappa shape index (κ2) is 9.60. The number of anilines is 4. The topological polar surface area (TPSA) is 96.0 Å². The van der Waals surface area contributed by atoms with E-state index in [0.29, 0.717) is 17.3 Å². The van der Waals surface area contributed by atoms with Gasteiger partial charge < -0.3 is 16.0 Å². The van der Waals surface area contributed by atoms with E-state index in [1.807, 2.05) is 26.0 Å². The first-order chi connectivity index (χ1) is 14.4. The molecule has 3 aromatic rings. The lowest BCUT2D eigenvalue weighted by Gasteiger charge is -2.10. The molecule has 0 saturated carbocycles. The van der Waals surface area contributed by atoms with E-state index in [-0.39, 0.29) is 30.5 Å². The van der Waals surface area contributed by atoms with E-state index < -0.39 is 0 Å². The number of carbonyl (C=O) groups is 2. The fraction of sp³-hybridized carbons (Fsp3) is 0.182. The van der Waals surface area contributed by atoms with E-state index in [2.05, 4.69) is 25.9 Å². The fourth-order valence-electron chi connectivity index (χ4n) is 2.79. The summed E-state index contributed by atoms with van der Waals surface area (Å²) in [7, 11) is 0. The lowest BCUT2D eigenvalue weighted by atomic mass is 10.2. The Kier molecular flexibility index (Phi) is 6.69. The maximum atomic E-state index is 12.9. The number of hydrogen-bond donors (Lipinski definition) is 3. The minimum absolute atomic E-state index is 0.0115. The third-order valence-electron chi connectivity index (χ3n) is 4.09. The Morgan fingerprint density at radius 1 is 0.800 bits per heavy atom. The molecule has 0 spiro atoms. The van der Waals surface area contributed by atoms with Crippen LogP contribution in [-0.2, 0) is 9.59 Å². The Morgan fingerprint density at radius 2 is 1.37 bits per heavy atom. The molecule has 154 valence electrons. The molecule has 2 amide bonds. The molecule has 0 unspecified atom stereocenters. The number of carbonyl (C=O) groups excluding carboxylic acids is 2. The molecule has 0 aliphatic carbocycles. The third kappa shape index (κ3) is 6.37. The molecule has 0 radical (unpaired) electrons. The number of aryl methyl sites for hydroxylation is 2. The monoisotopic (exact) mass is 407 g/mol. The van der Waals surface area contributed by atoms with Gasteiger partial charge in [0.1, 0.15) is 5.82 Å². The maximum absolute atomic E-state index is 12.9. The predicted octanol–water partition coefficient (Wildman–Crippen LogP) is 4.33. The van der Waals surface area contributed by atoms with Gasteiger partial charge in [-0.1, -0.05) is 6.07 Å². The number of hydrogen-bond acceptors (Lipinski definition) is 5. The van der Waals surface area contributed by atoms with Crippen LogP contribution in [0.1, 0.15) is 24.2 Å². The first-order valence-corrected chi connectivity index (χ1v) is 9.42. The number of nitrogens with zero attached hydrogens (tertiary/aromatic N) is 2. The van der Waals surface area contributed by atoms with Crippen LogP contribution in [0.4, 0.5) is 27.4 Å². The lowest BCUT2D eigenvalue weighted by molar-refractivity contribution is -0.121. The number of amides is 2. The van der Waals surface area contributed by atoms with Gasteiger partial charge in [-0.3, -0.25) is 9.59 Å². The molecule has 0 aliphatic rings. The van der Waals surface area contributed by atoms with Gasteiger partial charge in [0.2, 0.25) is 17.8 Å². The maximum Gasteiger partial charge on any atom is 0.227 e. The van der Waals surface area contributed by atoms with Crippen molar-refractivity contribution in [3.05, 3.63) is 71.8 Å². The van der Waals surface area contributed by atoms with Gasteiger partial charge in [0.15, 0.2) is 0 Å². The summed E-state index contributed by atoms with van der Waals surface area (Å²) in [5.74, 6) is -0.509. The number of nitrogens with one attached hydrogen (secondary N) is 3. The molecule has 0 aliphatic heterocycles. The Morgan fingerprint density at radius 3 is 2.00 bits per heavy atom. The zero-order valence-electron chi connectivity index (χ0n) is 16.7. The predicted molar refractivity (Wildman–Crippen MR) is 114 cm³/mol. The minimum atomic E-state index is -0.381. The lowest BCUT2D eigenvalue weighted by Crippen LogP contribution is -2.17. The van der Waals surface area contributed by atoms with Crippen molar-refractivity contribution in [2.45, 2.75) is 26.7 Å². The molecule has 8 heteroatoms. The Bertz CT molecular complexity index is 1030. The molecule has 3 rings (SSSR count). The highest BCUT2D eigenvalue weighted by molar-refractivity contribution is 5.97. The molecule has 1 heterocycles. The Labute approximate surface area is 173 Å². The molecule has 30 heavy (non-hydrogen) atoms. The largest absolute Gasteiger partial charge is 0.326 e. The van der Waals surface area contributed by atoms with Crippen LogP contribution in [0.2, 0.25) is 0 Å². The van der Waals surface area contributed by atoms with Crippen molar-refractivity contribution < 1.29 is 14.0 Å². The van der Waals surface area contributed by atoms with Crippen LogP contribution in [0.15, 0.2) is 54.6 Å². The van der Waals surface area contributed by atoms with Gasteiger partial charge >= 0.3 is 0 Å². The summed E-state index contributed by atoms with van der Waals surface area (Å²) in [5, 5.41) is 8.51. The van der Waals surface area contributed by atoms with E-state index in [1.165, 1.54) is 24.3 Å². The summed E-state index contributed by atoms with van der Waals surface area (Å²) in [6.45, 7) is 3.78. The average molecular weight is 407 g/mol. The molecule has 0 bridgehead atoms. The molecule has 3 N–H and O–H groups in total. The van der Waals surface area contributed by atoms with Crippen LogP contribution in [-0.4, -0.2) is 21.8 Å². The number of halogens is 1. The van der Waals surface area contributed by atoms with E-state index in [1.54, 1.807) is 18.2 Å². The van der Waals surface area contributed by atoms with Gasteiger partial charge in [-0.2, -0.15) is 0 Å². The van der Waals surface area contributed by atoms with E-state index >= 15 is 0 Å². The molecule has 2 aromatic carbocycles. The molecule has 0 fully saturated rings. The molecule has 7 nitrogen and oxygen atoms in total. The molecular formula is C22H22FN5O2. The van der Waals surface area contributed by atoms with E-state index in [0.717, 1.165) is 17.1 Å². The third-order valence-corrected chi connectivity index (χ3v) is 4.09. The summed E-state index contributed by atoms with van der Waals surface area (Å²) < 4.78 is 12.9. The zero-order valence-corrected chi connectivity index (χ0v) is 16.7. The van der Waals surface area contributed by atoms with Crippen molar-refractivity contribution in [1.82, 2.24) is 9.97 Å². The fourth-order valence-corrected chi connectivity index (χ4v) is 2.79. The number of rotatable bonds is 7. The summed E-state index contributed by atoms with van der Waals surface area (Å²) in [6, 6.07) is 14.5. The summed E-state index contributed by atoms with van der Waals surface area (Å²) in [6.07, 6.45) is 0.0302. The standard InChI is InChI=1S/C22H22FN5O2/c1-14-12-15(2)25-22(24-14)28-19-5-3-4-18(13-19)27-21(30)11-10-20(29)26-17-8-6-16(23)7-9-17/h3-9,12-13H,10-11H2,1-2H3,(H,26,29)(H,27,30)(H,24,25,28). The average Bonchev–Trinajstić information content (AvgIpc) is 2.68. The van der Waals surface area contributed by atoms with Crippen molar-refractivity contribution in [2.75, 3.05) is 16.0 Å². The van der Waals surface area contributed by atoms with Gasteiger partial charge in [0.25, 0.3) is 0 Å². The van der Waals surface area contributed by atoms with E-state index in [9.17, 15) is 14.0 Å². The van der Waals surface area contributed by atoms with Gasteiger partial charge in [-0.15, -0.1) is 0 Å². The van der Waals surface area contributed by atoms with Crippen molar-refractivity contribution in [3.8, 4) is 0 Å². The van der Waals surface area contributed by atoms with Crippen LogP contribution in [0.5, 0.6) is 0 Å². The van der Waals surface area contributed by atoms with Crippen molar-refractivity contribution >= 4 is 34.8 Å². The first-order valence-electron chi connectivity index (χ1n) is 9.42. The molecule has 0 saturated heterocycles. The molecule has 1 aromatic heterocycles. The van der Waals surface area contributed by atoms with Crippen molar-refractivity contribution in [1.29, 1.82) is 0 Å². The zero-order chi connectivity index (χ0) is 21.5. The normalized spacial score (nSPS) is 10.4. The quantitative estimate of drug-likeness (QED) is 0.542. The summed E-state index contributed by atoms with van der Waals surface area (Å²) in [4.78, 5) is 32.8. The summed E-state index contributed by atoms with van der Waals surface area (Å²) in [5.41, 5.74) is 3.51. The van der Waals surface area contributed by atoms with Crippen molar-refractivity contribution in [3.63, 3.8) is 0 Å². The highest BCUT2D eigenvalue weighted by atomic mass is 19.1. The number of benzene rings is 2. The Balaban J connectivity index is 1.52. The first kappa shape index (κ1) is 20.9. The van der Waals surface area contributed by atoms with Crippen LogP contribution in [0, 0.1) is 19.7 Å². The Hall–Kier alpha value is -3.81. The van der Waals surface area contributed by atoms with Gasteiger partial charge in [0, 0.05) is 41.3 Å². The molecule has 0 atom stereocenters. The highest BCUT2D eigenvalue weighted by Crippen LogP contribution is 2.19. The summed E-state index contributed by atoms with van der Waals surface area (Å²) >= 11 is 0. The van der Waals surface area contributed by atoms with Gasteiger partial charge in [-0.25, -0.2) is 14.4 Å². The van der Waals surface area contributed by atoms with Crippen LogP contribution < -0.4 is 16.0 Å². The van der Waals surface area contributed by atoms with E-state index in [4.69, 9.17) is 0 Å². The van der Waals surface area contributed by atoms with Gasteiger partial charge in [-0.05, 0) is 62.4 Å². The second-order valence-electron chi connectivity index (χ2n) is 6.78. The minimum Gasteiger partial charge on any atom is -0.326 e. The highest BCUT2D eigenvalue weighted by Gasteiger charge is 2.09. The van der Waals surface area contributed by atoms with Gasteiger partial charge in [0.05, 0.1) is 0 Å². The second-order valence-corrected chi connectivity index (χ2v) is 6.78. The van der Waals surface area contributed by atoms with Crippen LogP contribution in [0.25, 0.3) is 0 Å². The smallest absolute Gasteiger partial charge is 0.227 e. The van der Waals surface area contributed by atoms with Crippen molar-refractivity contribution in [2.24, 2.45) is 0 Å². The number of aromatic nitrogens is 2. The van der Waals surface area contributed by atoms with Crippen LogP contribution >= 0.6 is 0 Å².